The van der Waals surface area contributed by atoms with E-state index in [1.165, 1.54) is 24.3 Å². The molecule has 3 rings (SSSR count). The molecule has 0 unspecified atom stereocenters. The molecule has 2 aliphatic rings. The number of hydrogen-bond acceptors (Lipinski definition) is 4. The molecule has 2 amide bonds. The molecule has 158 valence electrons. The normalized spacial score (nSPS) is 19.9. The molecule has 1 fully saturated rings. The Morgan fingerprint density at radius 3 is 2.31 bits per heavy atom. The number of carbonyl (C=O) groups excluding carboxylic acids is 1. The summed E-state index contributed by atoms with van der Waals surface area (Å²) in [6.45, 7) is 8.65. The van der Waals surface area contributed by atoms with Crippen LogP contribution in [0.2, 0.25) is 0 Å². The SMILES string of the molecule is CC1=C(c2ccc(F)cc2)S(=O)(=O)N=C1N1CCC(NC(=O)NC(C)(C)C)CC1. The van der Waals surface area contributed by atoms with Crippen LogP contribution in [0.25, 0.3) is 4.91 Å². The number of likely N-dealkylation sites (tertiary alicyclic amines) is 1. The lowest BCUT2D eigenvalue weighted by molar-refractivity contribution is 0.218. The Morgan fingerprint density at radius 2 is 1.76 bits per heavy atom. The molecule has 2 aliphatic heterocycles. The van der Waals surface area contributed by atoms with Crippen molar-refractivity contribution in [1.29, 1.82) is 0 Å². The van der Waals surface area contributed by atoms with Gasteiger partial charge in [0.05, 0.1) is 0 Å². The third-order valence-corrected chi connectivity index (χ3v) is 6.34. The van der Waals surface area contributed by atoms with Crippen LogP contribution in [0, 0.1) is 5.82 Å². The zero-order chi connectivity index (χ0) is 21.4. The smallest absolute Gasteiger partial charge is 0.315 e. The molecule has 0 atom stereocenters. The molecule has 0 aromatic heterocycles. The summed E-state index contributed by atoms with van der Waals surface area (Å²) in [6, 6.07) is 5.20. The first-order valence-corrected chi connectivity index (χ1v) is 11.1. The highest BCUT2D eigenvalue weighted by atomic mass is 32.2. The number of benzene rings is 1. The Hall–Kier alpha value is -2.42. The van der Waals surface area contributed by atoms with Crippen molar-refractivity contribution in [3.05, 3.63) is 41.2 Å². The van der Waals surface area contributed by atoms with E-state index in [0.29, 0.717) is 42.9 Å². The number of urea groups is 1. The molecule has 0 saturated carbocycles. The maximum atomic E-state index is 13.2. The third kappa shape index (κ3) is 4.95. The first-order chi connectivity index (χ1) is 13.5. The zero-order valence-corrected chi connectivity index (χ0v) is 17.9. The lowest BCUT2D eigenvalue weighted by Gasteiger charge is -2.34. The minimum atomic E-state index is -3.83. The van der Waals surface area contributed by atoms with Gasteiger partial charge in [-0.25, -0.2) is 9.18 Å². The molecular weight excluding hydrogens is 395 g/mol. The van der Waals surface area contributed by atoms with Gasteiger partial charge in [0.25, 0.3) is 10.0 Å². The molecule has 1 saturated heterocycles. The first kappa shape index (κ1) is 21.3. The summed E-state index contributed by atoms with van der Waals surface area (Å²) < 4.78 is 42.4. The standard InChI is InChI=1S/C20H27FN4O3S/c1-13-17(14-5-7-15(21)8-6-14)29(27,28)24-18(13)25-11-9-16(10-12-25)22-19(26)23-20(2,3)4/h5-8,16H,9-12H2,1-4H3,(H2,22,23,26). The van der Waals surface area contributed by atoms with E-state index < -0.39 is 15.8 Å². The summed E-state index contributed by atoms with van der Waals surface area (Å²) in [5.41, 5.74) is 0.683. The largest absolute Gasteiger partial charge is 0.356 e. The van der Waals surface area contributed by atoms with Gasteiger partial charge in [-0.05, 0) is 58.2 Å². The van der Waals surface area contributed by atoms with Crippen LogP contribution in [0.15, 0.2) is 34.2 Å². The summed E-state index contributed by atoms with van der Waals surface area (Å²) in [7, 11) is -3.83. The Kier molecular flexibility index (Phi) is 5.71. The molecule has 0 bridgehead atoms. The van der Waals surface area contributed by atoms with E-state index in [1.807, 2.05) is 25.7 Å². The number of amidine groups is 1. The lowest BCUT2D eigenvalue weighted by atomic mass is 10.0. The molecule has 0 spiro atoms. The second-order valence-electron chi connectivity index (χ2n) is 8.46. The predicted molar refractivity (Wildman–Crippen MR) is 111 cm³/mol. The highest BCUT2D eigenvalue weighted by Crippen LogP contribution is 2.34. The quantitative estimate of drug-likeness (QED) is 0.767. The fourth-order valence-electron chi connectivity index (χ4n) is 3.58. The van der Waals surface area contributed by atoms with Crippen molar-refractivity contribution in [2.45, 2.75) is 52.1 Å². The minimum Gasteiger partial charge on any atom is -0.356 e. The Labute approximate surface area is 171 Å². The van der Waals surface area contributed by atoms with Gasteiger partial charge in [0.15, 0.2) is 0 Å². The van der Waals surface area contributed by atoms with E-state index in [-0.39, 0.29) is 22.5 Å². The van der Waals surface area contributed by atoms with Crippen molar-refractivity contribution in [1.82, 2.24) is 15.5 Å². The fraction of sp³-hybridized carbons (Fsp3) is 0.500. The van der Waals surface area contributed by atoms with Gasteiger partial charge in [-0.3, -0.25) is 0 Å². The second kappa shape index (κ2) is 7.78. The van der Waals surface area contributed by atoms with E-state index in [4.69, 9.17) is 0 Å². The van der Waals surface area contributed by atoms with Crippen molar-refractivity contribution in [3.63, 3.8) is 0 Å². The molecular formula is C20H27FN4O3S. The van der Waals surface area contributed by atoms with Crippen LogP contribution in [0.4, 0.5) is 9.18 Å². The van der Waals surface area contributed by atoms with Crippen molar-refractivity contribution in [2.24, 2.45) is 4.40 Å². The van der Waals surface area contributed by atoms with Gasteiger partial charge in [-0.1, -0.05) is 12.1 Å². The van der Waals surface area contributed by atoms with Gasteiger partial charge < -0.3 is 15.5 Å². The number of rotatable bonds is 2. The number of hydrogen-bond donors (Lipinski definition) is 2. The molecule has 1 aromatic carbocycles. The molecule has 7 nitrogen and oxygen atoms in total. The van der Waals surface area contributed by atoms with Crippen LogP contribution in [-0.2, 0) is 10.0 Å². The average molecular weight is 423 g/mol. The van der Waals surface area contributed by atoms with Crippen LogP contribution in [0.5, 0.6) is 0 Å². The van der Waals surface area contributed by atoms with Crippen LogP contribution < -0.4 is 10.6 Å². The second-order valence-corrected chi connectivity index (χ2v) is 10.0. The Morgan fingerprint density at radius 1 is 1.17 bits per heavy atom. The predicted octanol–water partition coefficient (Wildman–Crippen LogP) is 2.86. The van der Waals surface area contributed by atoms with E-state index >= 15 is 0 Å². The van der Waals surface area contributed by atoms with Gasteiger partial charge in [-0.15, -0.1) is 4.40 Å². The summed E-state index contributed by atoms with van der Waals surface area (Å²) in [5.74, 6) is 0.00975. The topological polar surface area (TPSA) is 90.9 Å². The number of sulfonamides is 1. The van der Waals surface area contributed by atoms with Crippen LogP contribution in [-0.4, -0.2) is 49.9 Å². The Balaban J connectivity index is 1.69. The van der Waals surface area contributed by atoms with E-state index in [2.05, 4.69) is 15.0 Å². The summed E-state index contributed by atoms with van der Waals surface area (Å²) in [4.78, 5) is 14.1. The van der Waals surface area contributed by atoms with Crippen molar-refractivity contribution in [2.75, 3.05) is 13.1 Å². The number of halogens is 1. The minimum absolute atomic E-state index is 0.0214. The average Bonchev–Trinajstić information content (AvgIpc) is 2.84. The van der Waals surface area contributed by atoms with E-state index in [9.17, 15) is 17.6 Å². The van der Waals surface area contributed by atoms with Gasteiger partial charge in [-0.2, -0.15) is 8.42 Å². The Bertz CT molecular complexity index is 954. The third-order valence-electron chi connectivity index (χ3n) is 4.87. The maximum absolute atomic E-state index is 13.2. The van der Waals surface area contributed by atoms with E-state index in [0.717, 1.165) is 0 Å². The molecule has 29 heavy (non-hydrogen) atoms. The van der Waals surface area contributed by atoms with Crippen LogP contribution >= 0.6 is 0 Å². The molecule has 1 aromatic rings. The molecule has 0 radical (unpaired) electrons. The molecule has 2 heterocycles. The van der Waals surface area contributed by atoms with Gasteiger partial charge >= 0.3 is 6.03 Å². The van der Waals surface area contributed by atoms with Crippen molar-refractivity contribution in [3.8, 4) is 0 Å². The number of amides is 2. The van der Waals surface area contributed by atoms with Crippen LogP contribution in [0.3, 0.4) is 0 Å². The molecule has 9 heteroatoms. The maximum Gasteiger partial charge on any atom is 0.315 e. The summed E-state index contributed by atoms with van der Waals surface area (Å²) in [5, 5.41) is 5.85. The highest BCUT2D eigenvalue weighted by Gasteiger charge is 2.35. The lowest BCUT2D eigenvalue weighted by Crippen LogP contribution is -2.52. The number of piperidine rings is 1. The summed E-state index contributed by atoms with van der Waals surface area (Å²) in [6.07, 6.45) is 1.38. The fourth-order valence-corrected chi connectivity index (χ4v) is 5.07. The first-order valence-electron chi connectivity index (χ1n) is 9.62. The monoisotopic (exact) mass is 422 g/mol. The number of nitrogens with one attached hydrogen (secondary N) is 2. The number of carbonyl (C=O) groups is 1. The van der Waals surface area contributed by atoms with Gasteiger partial charge in [0.1, 0.15) is 16.6 Å². The van der Waals surface area contributed by atoms with Crippen molar-refractivity contribution < 1.29 is 17.6 Å². The highest BCUT2D eigenvalue weighted by molar-refractivity contribution is 8.00. The summed E-state index contributed by atoms with van der Waals surface area (Å²) >= 11 is 0. The van der Waals surface area contributed by atoms with Crippen molar-refractivity contribution >= 4 is 26.8 Å². The van der Waals surface area contributed by atoms with E-state index in [1.54, 1.807) is 6.92 Å². The van der Waals surface area contributed by atoms with Gasteiger partial charge in [0, 0.05) is 30.2 Å². The number of nitrogens with zero attached hydrogens (tertiary/aromatic N) is 2. The molecule has 2 N–H and O–H groups in total. The zero-order valence-electron chi connectivity index (χ0n) is 17.1. The molecule has 0 aliphatic carbocycles. The van der Waals surface area contributed by atoms with Gasteiger partial charge in [0.2, 0.25) is 0 Å². The van der Waals surface area contributed by atoms with Crippen LogP contribution in [0.1, 0.15) is 46.1 Å².